The van der Waals surface area contributed by atoms with Crippen LogP contribution in [0.1, 0.15) is 36.6 Å². The van der Waals surface area contributed by atoms with E-state index < -0.39 is 5.82 Å². The first-order valence-electron chi connectivity index (χ1n) is 6.94. The molecular formula is C15H12FN3O2. The van der Waals surface area contributed by atoms with Gasteiger partial charge in [-0.05, 0) is 31.4 Å². The maximum absolute atomic E-state index is 13.6. The summed E-state index contributed by atoms with van der Waals surface area (Å²) < 4.78 is 24.7. The van der Waals surface area contributed by atoms with Gasteiger partial charge in [0.1, 0.15) is 17.4 Å². The van der Waals surface area contributed by atoms with Gasteiger partial charge in [0.05, 0.1) is 23.7 Å². The maximum Gasteiger partial charge on any atom is 0.259 e. The van der Waals surface area contributed by atoms with Gasteiger partial charge in [-0.2, -0.15) is 10.2 Å². The Morgan fingerprint density at radius 2 is 2.24 bits per heavy atom. The number of rotatable bonds is 2. The second-order valence-corrected chi connectivity index (χ2v) is 5.45. The van der Waals surface area contributed by atoms with Gasteiger partial charge < -0.3 is 9.26 Å². The van der Waals surface area contributed by atoms with E-state index in [4.69, 9.17) is 14.5 Å². The van der Waals surface area contributed by atoms with Crippen LogP contribution in [0.25, 0.3) is 11.5 Å². The monoisotopic (exact) mass is 285 g/mol. The summed E-state index contributed by atoms with van der Waals surface area (Å²) in [5.41, 5.74) is 0.261. The predicted molar refractivity (Wildman–Crippen MR) is 69.7 cm³/mol. The number of nitrogens with zero attached hydrogens (tertiary/aromatic N) is 3. The van der Waals surface area contributed by atoms with E-state index in [0.29, 0.717) is 17.5 Å². The average molecular weight is 285 g/mol. The highest BCUT2D eigenvalue weighted by Gasteiger charge is 2.43. The summed E-state index contributed by atoms with van der Waals surface area (Å²) in [4.78, 5) is 4.36. The number of hydrogen-bond acceptors (Lipinski definition) is 5. The van der Waals surface area contributed by atoms with Crippen molar-refractivity contribution in [2.24, 2.45) is 0 Å². The molecule has 2 aliphatic rings. The first-order chi connectivity index (χ1) is 10.3. The second kappa shape index (κ2) is 4.64. The molecular weight excluding hydrogens is 273 g/mol. The molecule has 3 heterocycles. The Kier molecular flexibility index (Phi) is 2.76. The Morgan fingerprint density at radius 1 is 1.33 bits per heavy atom. The van der Waals surface area contributed by atoms with Crippen molar-refractivity contribution in [1.82, 2.24) is 10.1 Å². The van der Waals surface area contributed by atoms with Crippen LogP contribution >= 0.6 is 0 Å². The van der Waals surface area contributed by atoms with Gasteiger partial charge in [0, 0.05) is 0 Å². The highest BCUT2D eigenvalue weighted by Crippen LogP contribution is 2.43. The van der Waals surface area contributed by atoms with Crippen LogP contribution in [0.4, 0.5) is 4.39 Å². The van der Waals surface area contributed by atoms with Crippen LogP contribution in [0.3, 0.4) is 0 Å². The number of halogens is 1. The highest BCUT2D eigenvalue weighted by atomic mass is 19.1. The van der Waals surface area contributed by atoms with Gasteiger partial charge in [-0.1, -0.05) is 11.2 Å². The minimum atomic E-state index is -0.585. The van der Waals surface area contributed by atoms with Crippen LogP contribution in [-0.2, 0) is 4.74 Å². The molecule has 0 N–H and O–H groups in total. The number of benzene rings is 1. The third kappa shape index (κ3) is 1.93. The zero-order valence-electron chi connectivity index (χ0n) is 11.1. The van der Waals surface area contributed by atoms with Crippen LogP contribution in [-0.4, -0.2) is 22.3 Å². The minimum absolute atomic E-state index is 0.0723. The van der Waals surface area contributed by atoms with Crippen LogP contribution in [0.5, 0.6) is 0 Å². The lowest BCUT2D eigenvalue weighted by Gasteiger charge is -2.13. The molecule has 0 aliphatic carbocycles. The summed E-state index contributed by atoms with van der Waals surface area (Å²) in [7, 11) is 0. The molecule has 0 spiro atoms. The molecule has 5 nitrogen and oxygen atoms in total. The zero-order valence-corrected chi connectivity index (χ0v) is 11.1. The van der Waals surface area contributed by atoms with Gasteiger partial charge in [0.15, 0.2) is 5.82 Å². The van der Waals surface area contributed by atoms with E-state index in [1.165, 1.54) is 12.1 Å². The second-order valence-electron chi connectivity index (χ2n) is 5.45. The molecule has 0 amide bonds. The largest absolute Gasteiger partial charge is 0.374 e. The van der Waals surface area contributed by atoms with E-state index in [1.807, 2.05) is 6.07 Å². The molecule has 2 fully saturated rings. The maximum atomic E-state index is 13.6. The Morgan fingerprint density at radius 3 is 2.95 bits per heavy atom. The molecule has 106 valence electrons. The van der Waals surface area contributed by atoms with E-state index in [9.17, 15) is 4.39 Å². The van der Waals surface area contributed by atoms with Crippen molar-refractivity contribution in [2.45, 2.75) is 37.4 Å². The summed E-state index contributed by atoms with van der Waals surface area (Å²) in [5, 5.41) is 13.1. The van der Waals surface area contributed by atoms with Crippen molar-refractivity contribution in [1.29, 1.82) is 5.26 Å². The summed E-state index contributed by atoms with van der Waals surface area (Å²) in [6, 6.07) is 6.21. The molecule has 3 atom stereocenters. The highest BCUT2D eigenvalue weighted by molar-refractivity contribution is 5.63. The van der Waals surface area contributed by atoms with Crippen molar-refractivity contribution in [2.75, 3.05) is 0 Å². The average Bonchev–Trinajstić information content (AvgIpc) is 3.22. The molecule has 2 aromatic rings. The van der Waals surface area contributed by atoms with Gasteiger partial charge in [0.2, 0.25) is 0 Å². The zero-order chi connectivity index (χ0) is 14.4. The summed E-state index contributed by atoms with van der Waals surface area (Å²) in [6.07, 6.45) is 3.46. The van der Waals surface area contributed by atoms with Crippen molar-refractivity contribution in [3.63, 3.8) is 0 Å². The predicted octanol–water partition coefficient (Wildman–Crippen LogP) is 2.78. The van der Waals surface area contributed by atoms with Gasteiger partial charge in [0.25, 0.3) is 5.89 Å². The van der Waals surface area contributed by atoms with Gasteiger partial charge in [-0.15, -0.1) is 0 Å². The number of aromatic nitrogens is 2. The van der Waals surface area contributed by atoms with E-state index >= 15 is 0 Å². The van der Waals surface area contributed by atoms with Crippen molar-refractivity contribution < 1.29 is 13.7 Å². The molecule has 1 aromatic heterocycles. The molecule has 21 heavy (non-hydrogen) atoms. The molecule has 2 saturated heterocycles. The Hall–Kier alpha value is -2.26. The normalized spacial score (nSPS) is 27.0. The molecule has 0 saturated carbocycles. The first-order valence-corrected chi connectivity index (χ1v) is 6.94. The van der Waals surface area contributed by atoms with E-state index in [2.05, 4.69) is 10.1 Å². The van der Waals surface area contributed by atoms with Gasteiger partial charge >= 0.3 is 0 Å². The van der Waals surface area contributed by atoms with Crippen LogP contribution in [0.15, 0.2) is 22.7 Å². The molecule has 6 heteroatoms. The quantitative estimate of drug-likeness (QED) is 0.848. The molecule has 2 bridgehead atoms. The minimum Gasteiger partial charge on any atom is -0.374 e. The molecule has 4 rings (SSSR count). The number of nitriles is 1. The van der Waals surface area contributed by atoms with Gasteiger partial charge in [-0.25, -0.2) is 4.39 Å². The Bertz CT molecular complexity index is 737. The van der Waals surface area contributed by atoms with Crippen molar-refractivity contribution in [3.05, 3.63) is 35.4 Å². The SMILES string of the molecule is N#Cc1c(F)cccc1-c1nc(C2CC3CCC2O3)no1. The van der Waals surface area contributed by atoms with Crippen molar-refractivity contribution >= 4 is 0 Å². The van der Waals surface area contributed by atoms with E-state index in [1.54, 1.807) is 6.07 Å². The lowest BCUT2D eigenvalue weighted by molar-refractivity contribution is 0.0996. The van der Waals surface area contributed by atoms with Gasteiger partial charge in [-0.3, -0.25) is 0 Å². The van der Waals surface area contributed by atoms with Crippen LogP contribution in [0, 0.1) is 17.1 Å². The number of ether oxygens (including phenoxy) is 1. The standard InChI is InChI=1S/C15H12FN3O2/c16-12-3-1-2-9(11(12)7-17)15-18-14(19-21-15)10-6-8-4-5-13(10)20-8/h1-3,8,10,13H,4-6H2. The summed E-state index contributed by atoms with van der Waals surface area (Å²) >= 11 is 0. The van der Waals surface area contributed by atoms with E-state index in [0.717, 1.165) is 19.3 Å². The third-order valence-corrected chi connectivity index (χ3v) is 4.24. The fourth-order valence-electron chi connectivity index (χ4n) is 3.22. The fourth-order valence-corrected chi connectivity index (χ4v) is 3.22. The Labute approximate surface area is 120 Å². The van der Waals surface area contributed by atoms with Crippen LogP contribution in [0.2, 0.25) is 0 Å². The fraction of sp³-hybridized carbons (Fsp3) is 0.400. The Balaban J connectivity index is 1.69. The lowest BCUT2D eigenvalue weighted by atomic mass is 9.89. The first kappa shape index (κ1) is 12.5. The molecule has 2 aliphatic heterocycles. The molecule has 0 radical (unpaired) electrons. The smallest absolute Gasteiger partial charge is 0.259 e. The molecule has 3 unspecified atom stereocenters. The third-order valence-electron chi connectivity index (χ3n) is 4.24. The summed E-state index contributed by atoms with van der Waals surface area (Å²) in [6.45, 7) is 0. The number of fused-ring (bicyclic) bond motifs is 2. The molecule has 1 aromatic carbocycles. The van der Waals surface area contributed by atoms with E-state index in [-0.39, 0.29) is 23.5 Å². The summed E-state index contributed by atoms with van der Waals surface area (Å²) in [5.74, 6) is 0.326. The topological polar surface area (TPSA) is 71.9 Å². The lowest BCUT2D eigenvalue weighted by Crippen LogP contribution is -2.15. The number of hydrogen-bond donors (Lipinski definition) is 0. The van der Waals surface area contributed by atoms with Crippen molar-refractivity contribution in [3.8, 4) is 17.5 Å². The van der Waals surface area contributed by atoms with Crippen LogP contribution < -0.4 is 0 Å².